The smallest absolute Gasteiger partial charge is 0.306 e. The van der Waals surface area contributed by atoms with Gasteiger partial charge in [0, 0.05) is 18.8 Å². The molecule has 0 rings (SSSR count). The highest BCUT2D eigenvalue weighted by molar-refractivity contribution is 5.70. The molecule has 0 spiro atoms. The van der Waals surface area contributed by atoms with Gasteiger partial charge in [-0.05, 0) is 25.7 Å². The van der Waals surface area contributed by atoms with Gasteiger partial charge in [-0.15, -0.1) is 0 Å². The Kier molecular flexibility index (Phi) is 17.6. The molecule has 30 heavy (non-hydrogen) atoms. The summed E-state index contributed by atoms with van der Waals surface area (Å²) in [4.78, 5) is 22.9. The van der Waals surface area contributed by atoms with Crippen LogP contribution in [0, 0.1) is 0 Å². The normalized spacial score (nSPS) is 12.9. The molecule has 0 fully saturated rings. The molecule has 5 heteroatoms. The van der Waals surface area contributed by atoms with Crippen LogP contribution in [0.3, 0.4) is 0 Å². The number of aliphatic carboxylic acids is 1. The Balaban J connectivity index is 3.61. The number of hydrogen-bond acceptors (Lipinski definition) is 4. The maximum absolute atomic E-state index is 12.0. The van der Waals surface area contributed by atoms with E-state index in [2.05, 4.69) is 19.1 Å². The molecule has 0 bridgehead atoms. The Morgan fingerprint density at radius 2 is 1.33 bits per heavy atom. The van der Waals surface area contributed by atoms with Gasteiger partial charge in [0.1, 0.15) is 6.54 Å². The van der Waals surface area contributed by atoms with E-state index in [0.29, 0.717) is 17.4 Å². The first-order valence-electron chi connectivity index (χ1n) is 12.1. The highest BCUT2D eigenvalue weighted by atomic mass is 16.5. The number of ether oxygens (including phenoxy) is 1. The minimum Gasteiger partial charge on any atom is -0.550 e. The molecule has 0 aliphatic rings. The molecule has 0 aliphatic heterocycles. The Labute approximate surface area is 185 Å². The molecule has 0 heterocycles. The molecule has 0 saturated carbocycles. The molecular weight excluding hydrogens is 378 g/mol. The van der Waals surface area contributed by atoms with Crippen LogP contribution in [0.15, 0.2) is 12.2 Å². The molecule has 1 atom stereocenters. The average Bonchev–Trinajstić information content (AvgIpc) is 2.63. The third-order valence-corrected chi connectivity index (χ3v) is 5.09. The van der Waals surface area contributed by atoms with Gasteiger partial charge in [0.25, 0.3) is 0 Å². The summed E-state index contributed by atoms with van der Waals surface area (Å²) >= 11 is 0. The van der Waals surface area contributed by atoms with E-state index in [1.807, 2.05) is 21.1 Å². The van der Waals surface area contributed by atoms with E-state index < -0.39 is 12.1 Å². The maximum atomic E-state index is 12.0. The number of carbonyl (C=O) groups excluding carboxylic acids is 2. The van der Waals surface area contributed by atoms with Gasteiger partial charge >= 0.3 is 5.97 Å². The molecule has 176 valence electrons. The van der Waals surface area contributed by atoms with Gasteiger partial charge in [0.15, 0.2) is 6.10 Å². The summed E-state index contributed by atoms with van der Waals surface area (Å²) in [6.45, 7) is 2.70. The Morgan fingerprint density at radius 1 is 0.833 bits per heavy atom. The lowest BCUT2D eigenvalue weighted by Crippen LogP contribution is -2.45. The standard InChI is InChI=1S/C25H47NO4/c1-5-6-7-8-9-10-11-12-13-14-15-16-17-18-19-20-25(29)30-23(21-24(27)28)22-26(2,3)4/h8-9,23H,5-7,10-22H2,1-4H3/b9-8+. The first kappa shape index (κ1) is 28.6. The molecule has 0 aromatic heterocycles. The molecule has 0 radical (unpaired) electrons. The molecular formula is C25H47NO4. The second-order valence-corrected chi connectivity index (χ2v) is 9.50. The fourth-order valence-corrected chi connectivity index (χ4v) is 3.51. The fraction of sp³-hybridized carbons (Fsp3) is 0.840. The number of rotatable bonds is 20. The zero-order valence-corrected chi connectivity index (χ0v) is 20.1. The Morgan fingerprint density at radius 3 is 1.83 bits per heavy atom. The SMILES string of the molecule is CCCC/C=C/CCCCCCCCCCCC(=O)OC(CC(=O)[O-])C[N+](C)(C)C. The van der Waals surface area contributed by atoms with Gasteiger partial charge in [0.2, 0.25) is 0 Å². The van der Waals surface area contributed by atoms with Crippen molar-refractivity contribution in [2.24, 2.45) is 0 Å². The number of esters is 1. The number of likely N-dealkylation sites (N-methyl/N-ethyl adjacent to an activating group) is 1. The topological polar surface area (TPSA) is 66.4 Å². The van der Waals surface area contributed by atoms with Crippen LogP contribution in [0.2, 0.25) is 0 Å². The molecule has 5 nitrogen and oxygen atoms in total. The van der Waals surface area contributed by atoms with Crippen molar-refractivity contribution >= 4 is 11.9 Å². The van der Waals surface area contributed by atoms with Crippen molar-refractivity contribution in [2.45, 2.75) is 109 Å². The number of carboxylic acids is 1. The van der Waals surface area contributed by atoms with Crippen LogP contribution in [0.1, 0.15) is 103 Å². The van der Waals surface area contributed by atoms with Gasteiger partial charge in [-0.3, -0.25) is 4.79 Å². The number of allylic oxidation sites excluding steroid dienone is 2. The van der Waals surface area contributed by atoms with Crippen molar-refractivity contribution < 1.29 is 23.9 Å². The number of hydrogen-bond donors (Lipinski definition) is 0. The fourth-order valence-electron chi connectivity index (χ4n) is 3.51. The minimum atomic E-state index is -1.18. The van der Waals surface area contributed by atoms with Crippen LogP contribution in [-0.2, 0) is 14.3 Å². The number of quaternary nitrogens is 1. The number of nitrogens with zero attached hydrogens (tertiary/aromatic N) is 1. The van der Waals surface area contributed by atoms with Gasteiger partial charge in [-0.1, -0.05) is 76.9 Å². The lowest BCUT2D eigenvalue weighted by atomic mass is 10.1. The summed E-state index contributed by atoms with van der Waals surface area (Å²) < 4.78 is 5.92. The summed E-state index contributed by atoms with van der Waals surface area (Å²) in [7, 11) is 5.84. The minimum absolute atomic E-state index is 0.240. The highest BCUT2D eigenvalue weighted by Crippen LogP contribution is 2.13. The predicted molar refractivity (Wildman–Crippen MR) is 122 cm³/mol. The largest absolute Gasteiger partial charge is 0.550 e. The van der Waals surface area contributed by atoms with E-state index in [0.717, 1.165) is 19.3 Å². The van der Waals surface area contributed by atoms with E-state index in [9.17, 15) is 14.7 Å². The van der Waals surface area contributed by atoms with Crippen molar-refractivity contribution in [3.8, 4) is 0 Å². The van der Waals surface area contributed by atoms with E-state index in [1.165, 1.54) is 64.2 Å². The van der Waals surface area contributed by atoms with E-state index in [4.69, 9.17) is 4.74 Å². The number of carbonyl (C=O) groups is 2. The molecule has 0 aromatic rings. The lowest BCUT2D eigenvalue weighted by molar-refractivity contribution is -0.873. The molecule has 1 unspecified atom stereocenters. The molecule has 0 aliphatic carbocycles. The van der Waals surface area contributed by atoms with Crippen LogP contribution in [0.5, 0.6) is 0 Å². The quantitative estimate of drug-likeness (QED) is 0.122. The summed E-state index contributed by atoms with van der Waals surface area (Å²) in [5, 5.41) is 10.9. The van der Waals surface area contributed by atoms with Gasteiger partial charge in [-0.25, -0.2) is 0 Å². The van der Waals surface area contributed by atoms with Crippen LogP contribution in [0.4, 0.5) is 0 Å². The van der Waals surface area contributed by atoms with Crippen molar-refractivity contribution in [2.75, 3.05) is 27.7 Å². The van der Waals surface area contributed by atoms with Crippen LogP contribution >= 0.6 is 0 Å². The third-order valence-electron chi connectivity index (χ3n) is 5.09. The van der Waals surface area contributed by atoms with Crippen molar-refractivity contribution in [1.82, 2.24) is 0 Å². The van der Waals surface area contributed by atoms with E-state index >= 15 is 0 Å². The first-order chi connectivity index (χ1) is 14.2. The Bertz CT molecular complexity index is 468. The summed E-state index contributed by atoms with van der Waals surface area (Å²) in [6.07, 6.45) is 19.9. The van der Waals surface area contributed by atoms with Crippen LogP contribution in [-0.4, -0.2) is 50.2 Å². The van der Waals surface area contributed by atoms with Crippen molar-refractivity contribution in [3.63, 3.8) is 0 Å². The van der Waals surface area contributed by atoms with Gasteiger partial charge < -0.3 is 19.1 Å². The second-order valence-electron chi connectivity index (χ2n) is 9.50. The van der Waals surface area contributed by atoms with Crippen LogP contribution < -0.4 is 5.11 Å². The van der Waals surface area contributed by atoms with E-state index in [1.54, 1.807) is 0 Å². The molecule has 0 saturated heterocycles. The number of carboxylic acid groups (broad SMARTS) is 1. The van der Waals surface area contributed by atoms with Gasteiger partial charge in [-0.2, -0.15) is 0 Å². The second kappa shape index (κ2) is 18.4. The lowest BCUT2D eigenvalue weighted by Gasteiger charge is -2.29. The Hall–Kier alpha value is -1.36. The first-order valence-corrected chi connectivity index (χ1v) is 12.1. The highest BCUT2D eigenvalue weighted by Gasteiger charge is 2.22. The van der Waals surface area contributed by atoms with Gasteiger partial charge in [0.05, 0.1) is 21.1 Å². The van der Waals surface area contributed by atoms with Crippen molar-refractivity contribution in [1.29, 1.82) is 0 Å². The monoisotopic (exact) mass is 425 g/mol. The number of unbranched alkanes of at least 4 members (excludes halogenated alkanes) is 11. The average molecular weight is 426 g/mol. The molecule has 0 aromatic carbocycles. The van der Waals surface area contributed by atoms with E-state index in [-0.39, 0.29) is 12.4 Å². The third kappa shape index (κ3) is 21.4. The van der Waals surface area contributed by atoms with Crippen LogP contribution in [0.25, 0.3) is 0 Å². The maximum Gasteiger partial charge on any atom is 0.306 e. The summed E-state index contributed by atoms with van der Waals surface area (Å²) in [6, 6.07) is 0. The molecule has 0 N–H and O–H groups in total. The molecule has 0 amide bonds. The predicted octanol–water partition coefficient (Wildman–Crippen LogP) is 4.78. The zero-order chi connectivity index (χ0) is 22.7. The zero-order valence-electron chi connectivity index (χ0n) is 20.1. The van der Waals surface area contributed by atoms with Crippen molar-refractivity contribution in [3.05, 3.63) is 12.2 Å². The summed E-state index contributed by atoms with van der Waals surface area (Å²) in [5.41, 5.74) is 0. The summed E-state index contributed by atoms with van der Waals surface area (Å²) in [5.74, 6) is -1.47.